The van der Waals surface area contributed by atoms with Crippen LogP contribution in [0.25, 0.3) is 0 Å². The molecule has 2 saturated heterocycles. The first-order valence-corrected chi connectivity index (χ1v) is 8.94. The summed E-state index contributed by atoms with van der Waals surface area (Å²) in [6, 6.07) is 2.80. The van der Waals surface area contributed by atoms with Gasteiger partial charge in [-0.05, 0) is 38.8 Å². The monoisotopic (exact) mass is 366 g/mol. The molecule has 1 aromatic rings. The lowest BCUT2D eigenvalue weighted by Gasteiger charge is -2.37. The largest absolute Gasteiger partial charge is 0.381 e. The number of amides is 2. The van der Waals surface area contributed by atoms with Crippen LogP contribution in [0.1, 0.15) is 37.0 Å². The fraction of sp³-hybridized carbons (Fsp3) is 0.579. The average molecular weight is 366 g/mol. The predicted molar refractivity (Wildman–Crippen MR) is 91.5 cm³/mol. The first kappa shape index (κ1) is 18.8. The van der Waals surface area contributed by atoms with E-state index in [0.29, 0.717) is 32.6 Å². The Bertz CT molecular complexity index is 682. The Morgan fingerprint density at radius 2 is 1.81 bits per heavy atom. The molecular formula is C19H24F2N2O3. The lowest BCUT2D eigenvalue weighted by atomic mass is 9.71. The zero-order chi connectivity index (χ0) is 18.9. The molecule has 2 fully saturated rings. The van der Waals surface area contributed by atoms with Crippen molar-refractivity contribution >= 4 is 11.8 Å². The van der Waals surface area contributed by atoms with E-state index in [1.807, 2.05) is 13.8 Å². The van der Waals surface area contributed by atoms with Gasteiger partial charge in [-0.1, -0.05) is 0 Å². The van der Waals surface area contributed by atoms with E-state index in [2.05, 4.69) is 5.32 Å². The molecule has 2 heterocycles. The summed E-state index contributed by atoms with van der Waals surface area (Å²) in [5.41, 5.74) is -0.381. The van der Waals surface area contributed by atoms with E-state index in [9.17, 15) is 18.4 Å². The molecule has 2 amide bonds. The smallest absolute Gasteiger partial charge is 0.254 e. The van der Waals surface area contributed by atoms with Crippen molar-refractivity contribution in [2.45, 2.75) is 32.7 Å². The Hall–Kier alpha value is -2.02. The molecule has 5 nitrogen and oxygen atoms in total. The summed E-state index contributed by atoms with van der Waals surface area (Å²) in [7, 11) is 0. The summed E-state index contributed by atoms with van der Waals surface area (Å²) in [4.78, 5) is 27.1. The van der Waals surface area contributed by atoms with Gasteiger partial charge in [0.05, 0.1) is 5.92 Å². The van der Waals surface area contributed by atoms with Crippen molar-refractivity contribution in [2.75, 3.05) is 26.3 Å². The van der Waals surface area contributed by atoms with E-state index >= 15 is 0 Å². The lowest BCUT2D eigenvalue weighted by Crippen LogP contribution is -2.46. The second-order valence-corrected chi connectivity index (χ2v) is 7.53. The van der Waals surface area contributed by atoms with Crippen molar-refractivity contribution in [1.29, 1.82) is 0 Å². The minimum atomic E-state index is -0.789. The Morgan fingerprint density at radius 3 is 2.38 bits per heavy atom. The molecule has 0 aromatic heterocycles. The molecule has 2 aliphatic rings. The summed E-state index contributed by atoms with van der Waals surface area (Å²) in [5.74, 6) is -2.46. The topological polar surface area (TPSA) is 58.6 Å². The van der Waals surface area contributed by atoms with Crippen LogP contribution < -0.4 is 5.32 Å². The standard InChI is InChI=1S/C19H24F2N2O3/c1-12(2)22-17(24)16-10-23(11-19(16)3-5-26-6-4-19)18(25)13-7-14(20)9-15(21)8-13/h7-9,12,16H,3-6,10-11H2,1-2H3,(H,22,24)/t16-/m1/s1. The minimum Gasteiger partial charge on any atom is -0.381 e. The van der Waals surface area contributed by atoms with Gasteiger partial charge in [0, 0.05) is 49.4 Å². The Balaban J connectivity index is 1.85. The molecule has 7 heteroatoms. The van der Waals surface area contributed by atoms with Crippen LogP contribution in [0.2, 0.25) is 0 Å². The zero-order valence-electron chi connectivity index (χ0n) is 15.1. The van der Waals surface area contributed by atoms with E-state index in [1.54, 1.807) is 4.90 Å². The van der Waals surface area contributed by atoms with Crippen LogP contribution in [0.15, 0.2) is 18.2 Å². The Morgan fingerprint density at radius 1 is 1.19 bits per heavy atom. The maximum Gasteiger partial charge on any atom is 0.254 e. The van der Waals surface area contributed by atoms with Gasteiger partial charge in [0.2, 0.25) is 5.91 Å². The number of halogens is 2. The van der Waals surface area contributed by atoms with E-state index < -0.39 is 17.5 Å². The molecule has 0 unspecified atom stereocenters. The molecule has 1 aromatic carbocycles. The molecule has 0 saturated carbocycles. The van der Waals surface area contributed by atoms with Crippen molar-refractivity contribution in [2.24, 2.45) is 11.3 Å². The quantitative estimate of drug-likeness (QED) is 0.893. The van der Waals surface area contributed by atoms with Gasteiger partial charge >= 0.3 is 0 Å². The maximum atomic E-state index is 13.5. The van der Waals surface area contributed by atoms with Gasteiger partial charge in [-0.3, -0.25) is 9.59 Å². The molecule has 1 spiro atoms. The first-order chi connectivity index (χ1) is 12.3. The molecule has 2 aliphatic heterocycles. The van der Waals surface area contributed by atoms with Gasteiger partial charge in [-0.15, -0.1) is 0 Å². The lowest BCUT2D eigenvalue weighted by molar-refractivity contribution is -0.130. The molecule has 3 rings (SSSR count). The molecule has 1 N–H and O–H groups in total. The van der Waals surface area contributed by atoms with E-state index in [-0.39, 0.29) is 35.4 Å². The minimum absolute atomic E-state index is 0.00135. The highest BCUT2D eigenvalue weighted by atomic mass is 19.1. The third-order valence-electron chi connectivity index (χ3n) is 5.28. The highest BCUT2D eigenvalue weighted by Gasteiger charge is 2.51. The van der Waals surface area contributed by atoms with Crippen molar-refractivity contribution in [3.8, 4) is 0 Å². The second-order valence-electron chi connectivity index (χ2n) is 7.53. The third kappa shape index (κ3) is 3.72. The van der Waals surface area contributed by atoms with Crippen molar-refractivity contribution in [3.05, 3.63) is 35.4 Å². The predicted octanol–water partition coefficient (Wildman–Crippen LogP) is 2.36. The number of benzene rings is 1. The van der Waals surface area contributed by atoms with Gasteiger partial charge in [0.1, 0.15) is 11.6 Å². The Labute approximate surface area is 151 Å². The third-order valence-corrected chi connectivity index (χ3v) is 5.28. The molecule has 1 atom stereocenters. The van der Waals surface area contributed by atoms with Gasteiger partial charge in [0.15, 0.2) is 0 Å². The van der Waals surface area contributed by atoms with Crippen molar-refractivity contribution in [3.63, 3.8) is 0 Å². The van der Waals surface area contributed by atoms with Crippen LogP contribution in [0, 0.1) is 23.0 Å². The number of ether oxygens (including phenoxy) is 1. The number of likely N-dealkylation sites (tertiary alicyclic amines) is 1. The van der Waals surface area contributed by atoms with Crippen molar-refractivity contribution in [1.82, 2.24) is 10.2 Å². The van der Waals surface area contributed by atoms with Crippen LogP contribution in [-0.2, 0) is 9.53 Å². The highest BCUT2D eigenvalue weighted by Crippen LogP contribution is 2.44. The molecule has 0 bridgehead atoms. The number of nitrogens with zero attached hydrogens (tertiary/aromatic N) is 1. The molecule has 0 aliphatic carbocycles. The maximum absolute atomic E-state index is 13.5. The van der Waals surface area contributed by atoms with Crippen LogP contribution in [0.5, 0.6) is 0 Å². The van der Waals surface area contributed by atoms with Crippen LogP contribution >= 0.6 is 0 Å². The fourth-order valence-electron chi connectivity index (χ4n) is 4.01. The van der Waals surface area contributed by atoms with E-state index in [1.165, 1.54) is 0 Å². The number of rotatable bonds is 3. The summed E-state index contributed by atoms with van der Waals surface area (Å²) < 4.78 is 32.4. The fourth-order valence-corrected chi connectivity index (χ4v) is 4.01. The molecule has 0 radical (unpaired) electrons. The van der Waals surface area contributed by atoms with Crippen molar-refractivity contribution < 1.29 is 23.1 Å². The van der Waals surface area contributed by atoms with Crippen LogP contribution in [0.3, 0.4) is 0 Å². The normalized spacial score (nSPS) is 22.0. The molecule has 26 heavy (non-hydrogen) atoms. The summed E-state index contributed by atoms with van der Waals surface area (Å²) in [6.07, 6.45) is 1.37. The van der Waals surface area contributed by atoms with Gasteiger partial charge < -0.3 is 15.0 Å². The van der Waals surface area contributed by atoms with Gasteiger partial charge in [-0.2, -0.15) is 0 Å². The second kappa shape index (κ2) is 7.31. The summed E-state index contributed by atoms with van der Waals surface area (Å²) >= 11 is 0. The first-order valence-electron chi connectivity index (χ1n) is 8.94. The molecular weight excluding hydrogens is 342 g/mol. The number of carbonyl (C=O) groups excluding carboxylic acids is 2. The summed E-state index contributed by atoms with van der Waals surface area (Å²) in [6.45, 7) is 5.51. The van der Waals surface area contributed by atoms with Crippen LogP contribution in [-0.4, -0.2) is 49.1 Å². The highest BCUT2D eigenvalue weighted by molar-refractivity contribution is 5.95. The number of nitrogens with one attached hydrogen (secondary N) is 1. The number of hydrogen-bond donors (Lipinski definition) is 1. The zero-order valence-corrected chi connectivity index (χ0v) is 15.1. The number of hydrogen-bond acceptors (Lipinski definition) is 3. The van der Waals surface area contributed by atoms with E-state index in [4.69, 9.17) is 4.74 Å². The average Bonchev–Trinajstić information content (AvgIpc) is 2.92. The van der Waals surface area contributed by atoms with Gasteiger partial charge in [0.25, 0.3) is 5.91 Å². The van der Waals surface area contributed by atoms with E-state index in [0.717, 1.165) is 18.2 Å². The van der Waals surface area contributed by atoms with Gasteiger partial charge in [-0.25, -0.2) is 8.78 Å². The number of carbonyl (C=O) groups is 2. The summed E-state index contributed by atoms with van der Waals surface area (Å²) in [5, 5.41) is 2.94. The molecule has 142 valence electrons. The SMILES string of the molecule is CC(C)NC(=O)[C@H]1CN(C(=O)c2cc(F)cc(F)c2)CC12CCOCC2. The van der Waals surface area contributed by atoms with Crippen LogP contribution in [0.4, 0.5) is 8.78 Å². The Kier molecular flexibility index (Phi) is 5.27.